The number of carbonyl (C=O) groups excluding carboxylic acids is 1. The van der Waals surface area contributed by atoms with E-state index < -0.39 is 0 Å². The predicted molar refractivity (Wildman–Crippen MR) is 89.0 cm³/mol. The monoisotopic (exact) mass is 313 g/mol. The van der Waals surface area contributed by atoms with E-state index in [0.717, 1.165) is 28.9 Å². The van der Waals surface area contributed by atoms with Crippen molar-refractivity contribution in [3.05, 3.63) is 35.5 Å². The quantitative estimate of drug-likeness (QED) is 0.672. The van der Waals surface area contributed by atoms with Crippen molar-refractivity contribution in [1.29, 1.82) is 0 Å². The van der Waals surface area contributed by atoms with E-state index in [2.05, 4.69) is 25.9 Å². The summed E-state index contributed by atoms with van der Waals surface area (Å²) in [4.78, 5) is 20.1. The molecule has 7 nitrogen and oxygen atoms in total. The van der Waals surface area contributed by atoms with Gasteiger partial charge >= 0.3 is 0 Å². The predicted octanol–water partition coefficient (Wildman–Crippen LogP) is 1.82. The Kier molecular flexibility index (Phi) is 4.38. The zero-order valence-electron chi connectivity index (χ0n) is 12.9. The lowest BCUT2D eigenvalue weighted by molar-refractivity contribution is -0.116. The van der Waals surface area contributed by atoms with Crippen molar-refractivity contribution in [2.24, 2.45) is 0 Å². The second-order valence-electron chi connectivity index (χ2n) is 5.42. The number of carbonyl (C=O) groups is 1. The minimum atomic E-state index is 0.0444. The summed E-state index contributed by atoms with van der Waals surface area (Å²) in [5.74, 6) is 1.23. The number of aliphatic hydroxyl groups excluding tert-OH is 1. The minimum absolute atomic E-state index is 0.0444. The number of rotatable bonds is 5. The van der Waals surface area contributed by atoms with Gasteiger partial charge in [0.15, 0.2) is 0 Å². The summed E-state index contributed by atoms with van der Waals surface area (Å²) in [5.41, 5.74) is 3.75. The highest BCUT2D eigenvalue weighted by Crippen LogP contribution is 2.27. The van der Waals surface area contributed by atoms with Crippen molar-refractivity contribution in [3.63, 3.8) is 0 Å². The van der Waals surface area contributed by atoms with E-state index in [4.69, 9.17) is 5.11 Å². The third-order valence-corrected chi connectivity index (χ3v) is 3.63. The van der Waals surface area contributed by atoms with E-state index in [9.17, 15) is 4.79 Å². The van der Waals surface area contributed by atoms with Gasteiger partial charge in [-0.1, -0.05) is 0 Å². The Morgan fingerprint density at radius 2 is 2.22 bits per heavy atom. The van der Waals surface area contributed by atoms with E-state index in [1.165, 1.54) is 0 Å². The van der Waals surface area contributed by atoms with E-state index in [-0.39, 0.29) is 12.5 Å². The summed E-state index contributed by atoms with van der Waals surface area (Å²) in [7, 11) is 0. The molecule has 3 rings (SSSR count). The SMILES string of the molecule is Cc1cnc(Nc2ccc3c(c2)CCC(=O)N3)nc1NCCO. The molecule has 0 spiro atoms. The lowest BCUT2D eigenvalue weighted by Gasteiger charge is -2.18. The van der Waals surface area contributed by atoms with Crippen LogP contribution >= 0.6 is 0 Å². The van der Waals surface area contributed by atoms with Crippen molar-refractivity contribution in [3.8, 4) is 0 Å². The second kappa shape index (κ2) is 6.62. The Hall–Kier alpha value is -2.67. The topological polar surface area (TPSA) is 99.2 Å². The largest absolute Gasteiger partial charge is 0.395 e. The molecule has 0 fully saturated rings. The van der Waals surface area contributed by atoms with Crippen molar-refractivity contribution in [2.75, 3.05) is 29.1 Å². The number of aromatic nitrogens is 2. The molecule has 0 aliphatic carbocycles. The van der Waals surface area contributed by atoms with Gasteiger partial charge in [0.2, 0.25) is 11.9 Å². The third-order valence-electron chi connectivity index (χ3n) is 3.63. The molecule has 7 heteroatoms. The molecule has 120 valence electrons. The van der Waals surface area contributed by atoms with Crippen LogP contribution in [0.25, 0.3) is 0 Å². The summed E-state index contributed by atoms with van der Waals surface area (Å²) in [6.45, 7) is 2.39. The van der Waals surface area contributed by atoms with Crippen LogP contribution in [-0.4, -0.2) is 34.1 Å². The van der Waals surface area contributed by atoms with Crippen molar-refractivity contribution in [1.82, 2.24) is 9.97 Å². The minimum Gasteiger partial charge on any atom is -0.395 e. The van der Waals surface area contributed by atoms with Crippen molar-refractivity contribution < 1.29 is 9.90 Å². The zero-order chi connectivity index (χ0) is 16.2. The normalized spacial score (nSPS) is 13.2. The maximum Gasteiger partial charge on any atom is 0.229 e. The molecule has 1 aromatic heterocycles. The molecule has 1 aliphatic rings. The number of nitrogens with one attached hydrogen (secondary N) is 3. The molecule has 0 atom stereocenters. The average molecular weight is 313 g/mol. The maximum absolute atomic E-state index is 11.4. The average Bonchev–Trinajstić information content (AvgIpc) is 2.55. The van der Waals surface area contributed by atoms with Gasteiger partial charge in [0.05, 0.1) is 6.61 Å². The number of nitrogens with zero attached hydrogens (tertiary/aromatic N) is 2. The number of hydrogen-bond acceptors (Lipinski definition) is 6. The number of fused-ring (bicyclic) bond motifs is 1. The van der Waals surface area contributed by atoms with Crippen LogP contribution < -0.4 is 16.0 Å². The molecule has 1 aliphatic heterocycles. The Balaban J connectivity index is 1.78. The molecule has 0 bridgehead atoms. The number of hydrogen-bond donors (Lipinski definition) is 4. The molecule has 0 saturated heterocycles. The molecule has 0 unspecified atom stereocenters. The fraction of sp³-hybridized carbons (Fsp3) is 0.312. The lowest BCUT2D eigenvalue weighted by atomic mass is 10.0. The van der Waals surface area contributed by atoms with E-state index >= 15 is 0 Å². The van der Waals surface area contributed by atoms with E-state index in [1.54, 1.807) is 6.20 Å². The molecule has 1 amide bonds. The first-order valence-corrected chi connectivity index (χ1v) is 7.54. The first-order valence-electron chi connectivity index (χ1n) is 7.54. The molecule has 4 N–H and O–H groups in total. The zero-order valence-corrected chi connectivity index (χ0v) is 12.9. The van der Waals surface area contributed by atoms with E-state index in [0.29, 0.717) is 24.7 Å². The van der Waals surface area contributed by atoms with Crippen LogP contribution in [0, 0.1) is 6.92 Å². The maximum atomic E-state index is 11.4. The van der Waals surface area contributed by atoms with Gasteiger partial charge in [-0.2, -0.15) is 4.98 Å². The summed E-state index contributed by atoms with van der Waals surface area (Å²) >= 11 is 0. The summed E-state index contributed by atoms with van der Waals surface area (Å²) in [6, 6.07) is 5.77. The first-order chi connectivity index (χ1) is 11.2. The Morgan fingerprint density at radius 3 is 3.04 bits per heavy atom. The molecular formula is C16H19N5O2. The highest BCUT2D eigenvalue weighted by molar-refractivity contribution is 5.94. The number of anilines is 4. The fourth-order valence-electron chi connectivity index (χ4n) is 2.45. The molecule has 23 heavy (non-hydrogen) atoms. The van der Waals surface area contributed by atoms with Gasteiger partial charge in [-0.25, -0.2) is 4.98 Å². The first kappa shape index (κ1) is 15.2. The lowest BCUT2D eigenvalue weighted by Crippen LogP contribution is -2.18. The number of amides is 1. The van der Waals surface area contributed by atoms with Gasteiger partial charge in [0.1, 0.15) is 5.82 Å². The van der Waals surface area contributed by atoms with Crippen LogP contribution in [0.2, 0.25) is 0 Å². The van der Waals surface area contributed by atoms with Crippen LogP contribution in [0.4, 0.5) is 23.1 Å². The molecular weight excluding hydrogens is 294 g/mol. The summed E-state index contributed by atoms with van der Waals surface area (Å²) in [6.07, 6.45) is 2.97. The summed E-state index contributed by atoms with van der Waals surface area (Å²) in [5, 5.41) is 18.0. The molecule has 0 radical (unpaired) electrons. The van der Waals surface area contributed by atoms with Crippen LogP contribution in [0.3, 0.4) is 0 Å². The van der Waals surface area contributed by atoms with Gasteiger partial charge in [0, 0.05) is 36.1 Å². The van der Waals surface area contributed by atoms with Crippen LogP contribution in [0.15, 0.2) is 24.4 Å². The highest BCUT2D eigenvalue weighted by atomic mass is 16.3. The van der Waals surface area contributed by atoms with Crippen LogP contribution in [-0.2, 0) is 11.2 Å². The van der Waals surface area contributed by atoms with Gasteiger partial charge in [-0.05, 0) is 37.1 Å². The van der Waals surface area contributed by atoms with Gasteiger partial charge in [-0.3, -0.25) is 4.79 Å². The van der Waals surface area contributed by atoms with Gasteiger partial charge < -0.3 is 21.1 Å². The molecule has 2 aromatic rings. The Morgan fingerprint density at radius 1 is 1.35 bits per heavy atom. The molecule has 2 heterocycles. The second-order valence-corrected chi connectivity index (χ2v) is 5.42. The number of aliphatic hydroxyl groups is 1. The fourth-order valence-corrected chi connectivity index (χ4v) is 2.45. The Bertz CT molecular complexity index is 732. The standard InChI is InChI=1S/C16H19N5O2/c1-10-9-18-16(21-15(10)17-6-7-22)19-12-3-4-13-11(8-12)2-5-14(23)20-13/h3-4,8-9,22H,2,5-7H2,1H3,(H,20,23)(H2,17,18,19,21). The number of aryl methyl sites for hydroxylation is 2. The highest BCUT2D eigenvalue weighted by Gasteiger charge is 2.15. The van der Waals surface area contributed by atoms with Gasteiger partial charge in [-0.15, -0.1) is 0 Å². The Labute approximate surface area is 134 Å². The van der Waals surface area contributed by atoms with Crippen LogP contribution in [0.1, 0.15) is 17.5 Å². The smallest absolute Gasteiger partial charge is 0.229 e. The molecule has 0 saturated carbocycles. The summed E-state index contributed by atoms with van der Waals surface area (Å²) < 4.78 is 0. The van der Waals surface area contributed by atoms with Crippen LogP contribution in [0.5, 0.6) is 0 Å². The van der Waals surface area contributed by atoms with E-state index in [1.807, 2.05) is 25.1 Å². The third kappa shape index (κ3) is 3.57. The van der Waals surface area contributed by atoms with Gasteiger partial charge in [0.25, 0.3) is 0 Å². The molecule has 1 aromatic carbocycles. The van der Waals surface area contributed by atoms with Crippen molar-refractivity contribution in [2.45, 2.75) is 19.8 Å². The van der Waals surface area contributed by atoms with Crippen molar-refractivity contribution >= 4 is 29.0 Å². The number of benzene rings is 1.